The van der Waals surface area contributed by atoms with Crippen LogP contribution in [-0.2, 0) is 21.4 Å². The van der Waals surface area contributed by atoms with Gasteiger partial charge in [-0.1, -0.05) is 0 Å². The highest BCUT2D eigenvalue weighted by Crippen LogP contribution is 2.16. The van der Waals surface area contributed by atoms with Gasteiger partial charge < -0.3 is 14.5 Å². The van der Waals surface area contributed by atoms with Gasteiger partial charge in [-0.2, -0.15) is 4.31 Å². The Morgan fingerprint density at radius 2 is 1.92 bits per heavy atom. The highest BCUT2D eigenvalue weighted by molar-refractivity contribution is 7.88. The summed E-state index contributed by atoms with van der Waals surface area (Å²) in [6.07, 6.45) is 3.98. The van der Waals surface area contributed by atoms with E-state index in [2.05, 4.69) is 5.32 Å². The van der Waals surface area contributed by atoms with Crippen LogP contribution >= 0.6 is 0 Å². The van der Waals surface area contributed by atoms with E-state index in [4.69, 9.17) is 9.15 Å². The van der Waals surface area contributed by atoms with Crippen molar-refractivity contribution in [1.29, 1.82) is 0 Å². The Labute approximate surface area is 146 Å². The molecule has 134 valence electrons. The van der Waals surface area contributed by atoms with Gasteiger partial charge in [-0.25, -0.2) is 8.42 Å². The number of hydrogen-bond donors (Lipinski definition) is 1. The molecule has 0 aliphatic rings. The van der Waals surface area contributed by atoms with Crippen molar-refractivity contribution in [3.63, 3.8) is 0 Å². The average Bonchev–Trinajstić information content (AvgIpc) is 3.00. The predicted octanol–water partition coefficient (Wildman–Crippen LogP) is 2.33. The van der Waals surface area contributed by atoms with Gasteiger partial charge in [0.15, 0.2) is 0 Å². The molecule has 1 heterocycles. The van der Waals surface area contributed by atoms with E-state index in [9.17, 15) is 13.2 Å². The summed E-state index contributed by atoms with van der Waals surface area (Å²) in [5.74, 6) is 1.34. The van der Waals surface area contributed by atoms with E-state index in [0.717, 1.165) is 6.26 Å². The normalized spacial score (nSPS) is 11.8. The lowest BCUT2D eigenvalue weighted by atomic mass is 10.3. The molecule has 1 N–H and O–H groups in total. The Balaban J connectivity index is 1.93. The van der Waals surface area contributed by atoms with Gasteiger partial charge in [-0.3, -0.25) is 4.79 Å². The SMILES string of the molecule is COc1ccc(NC(=O)/C=C/c2ccc(CN(C)S(C)(=O)=O)o2)cc1. The van der Waals surface area contributed by atoms with Gasteiger partial charge in [0.1, 0.15) is 17.3 Å². The van der Waals surface area contributed by atoms with Crippen LogP contribution in [0.2, 0.25) is 0 Å². The third kappa shape index (κ3) is 5.77. The summed E-state index contributed by atoms with van der Waals surface area (Å²) in [6, 6.07) is 10.3. The number of anilines is 1. The molecular formula is C17H20N2O5S. The second-order valence-corrected chi connectivity index (χ2v) is 7.46. The van der Waals surface area contributed by atoms with E-state index >= 15 is 0 Å². The third-order valence-corrected chi connectivity index (χ3v) is 4.65. The van der Waals surface area contributed by atoms with Gasteiger partial charge >= 0.3 is 0 Å². The van der Waals surface area contributed by atoms with E-state index in [0.29, 0.717) is 23.0 Å². The van der Waals surface area contributed by atoms with Crippen molar-refractivity contribution in [3.05, 3.63) is 54.0 Å². The first kappa shape index (κ1) is 18.8. The molecule has 25 heavy (non-hydrogen) atoms. The molecule has 0 atom stereocenters. The van der Waals surface area contributed by atoms with Crippen LogP contribution in [0.1, 0.15) is 11.5 Å². The van der Waals surface area contributed by atoms with Crippen LogP contribution < -0.4 is 10.1 Å². The molecule has 0 saturated heterocycles. The summed E-state index contributed by atoms with van der Waals surface area (Å²) >= 11 is 0. The Hall–Kier alpha value is -2.58. The summed E-state index contributed by atoms with van der Waals surface area (Å²) in [6.45, 7) is 0.130. The second-order valence-electron chi connectivity index (χ2n) is 5.37. The lowest BCUT2D eigenvalue weighted by Gasteiger charge is -2.11. The number of ether oxygens (including phenoxy) is 1. The van der Waals surface area contributed by atoms with Crippen LogP contribution in [0.3, 0.4) is 0 Å². The summed E-state index contributed by atoms with van der Waals surface area (Å²) in [5.41, 5.74) is 0.644. The zero-order valence-corrected chi connectivity index (χ0v) is 15.0. The molecule has 0 spiro atoms. The zero-order valence-electron chi connectivity index (χ0n) is 14.2. The molecule has 8 heteroatoms. The van der Waals surface area contributed by atoms with Crippen molar-refractivity contribution in [2.24, 2.45) is 0 Å². The monoisotopic (exact) mass is 364 g/mol. The van der Waals surface area contributed by atoms with Crippen LogP contribution in [0.4, 0.5) is 5.69 Å². The van der Waals surface area contributed by atoms with Crippen LogP contribution in [0.25, 0.3) is 6.08 Å². The predicted molar refractivity (Wildman–Crippen MR) is 95.7 cm³/mol. The quantitative estimate of drug-likeness (QED) is 0.762. The van der Waals surface area contributed by atoms with Gasteiger partial charge in [0.2, 0.25) is 15.9 Å². The number of sulfonamides is 1. The van der Waals surface area contributed by atoms with E-state index in [-0.39, 0.29) is 12.5 Å². The summed E-state index contributed by atoms with van der Waals surface area (Å²) < 4.78 is 34.5. The Bertz CT molecular complexity index is 853. The van der Waals surface area contributed by atoms with Gasteiger partial charge in [0, 0.05) is 18.8 Å². The number of carbonyl (C=O) groups excluding carboxylic acids is 1. The molecule has 0 aliphatic heterocycles. The summed E-state index contributed by atoms with van der Waals surface area (Å²) in [7, 11) is -0.236. The number of benzene rings is 1. The molecule has 0 fully saturated rings. The molecule has 2 rings (SSSR count). The standard InChI is InChI=1S/C17H20N2O5S/c1-19(25(3,21)22)12-16-9-8-15(24-16)10-11-17(20)18-13-4-6-14(23-2)7-5-13/h4-11H,12H2,1-3H3,(H,18,20)/b11-10+. The van der Waals surface area contributed by atoms with E-state index < -0.39 is 10.0 Å². The van der Waals surface area contributed by atoms with Crippen molar-refractivity contribution in [1.82, 2.24) is 4.31 Å². The molecule has 1 aromatic carbocycles. The van der Waals surface area contributed by atoms with Gasteiger partial charge in [-0.15, -0.1) is 0 Å². The van der Waals surface area contributed by atoms with E-state index in [1.165, 1.54) is 23.5 Å². The minimum Gasteiger partial charge on any atom is -0.497 e. The number of methoxy groups -OCH3 is 1. The first-order chi connectivity index (χ1) is 11.8. The lowest BCUT2D eigenvalue weighted by molar-refractivity contribution is -0.111. The number of rotatable bonds is 7. The average molecular weight is 364 g/mol. The first-order valence-corrected chi connectivity index (χ1v) is 9.26. The molecule has 0 radical (unpaired) electrons. The van der Waals surface area contributed by atoms with Crippen LogP contribution in [0.15, 0.2) is 46.9 Å². The minimum absolute atomic E-state index is 0.130. The van der Waals surface area contributed by atoms with Crippen molar-refractivity contribution >= 4 is 27.7 Å². The third-order valence-electron chi connectivity index (χ3n) is 3.38. The fourth-order valence-corrected chi connectivity index (χ4v) is 2.28. The second kappa shape index (κ2) is 8.00. The number of carbonyl (C=O) groups is 1. The van der Waals surface area contributed by atoms with Gasteiger partial charge in [-0.05, 0) is 42.5 Å². The fourth-order valence-electron chi connectivity index (χ4n) is 1.92. The topological polar surface area (TPSA) is 88.9 Å². The highest BCUT2D eigenvalue weighted by atomic mass is 32.2. The number of hydrogen-bond acceptors (Lipinski definition) is 5. The van der Waals surface area contributed by atoms with E-state index in [1.807, 2.05) is 0 Å². The summed E-state index contributed by atoms with van der Waals surface area (Å²) in [4.78, 5) is 11.9. The molecule has 0 aliphatic carbocycles. The van der Waals surface area contributed by atoms with Crippen LogP contribution in [0.5, 0.6) is 5.75 Å². The maximum absolute atomic E-state index is 11.9. The first-order valence-electron chi connectivity index (χ1n) is 7.41. The number of nitrogens with one attached hydrogen (secondary N) is 1. The Morgan fingerprint density at radius 1 is 1.24 bits per heavy atom. The molecule has 1 amide bonds. The van der Waals surface area contributed by atoms with E-state index in [1.54, 1.807) is 43.5 Å². The Kier molecular flexibility index (Phi) is 6.00. The molecule has 0 bridgehead atoms. The van der Waals surface area contributed by atoms with Crippen LogP contribution in [-0.4, -0.2) is 39.0 Å². The molecule has 7 nitrogen and oxygen atoms in total. The number of amides is 1. The van der Waals surface area contributed by atoms with Crippen molar-refractivity contribution in [3.8, 4) is 5.75 Å². The molecule has 2 aromatic rings. The smallest absolute Gasteiger partial charge is 0.248 e. The lowest BCUT2D eigenvalue weighted by Crippen LogP contribution is -2.24. The maximum atomic E-state index is 11.9. The van der Waals surface area contributed by atoms with Crippen LogP contribution in [0, 0.1) is 0 Å². The van der Waals surface area contributed by atoms with Gasteiger partial charge in [0.05, 0.1) is 19.9 Å². The maximum Gasteiger partial charge on any atom is 0.248 e. The highest BCUT2D eigenvalue weighted by Gasteiger charge is 2.13. The Morgan fingerprint density at radius 3 is 2.52 bits per heavy atom. The summed E-state index contributed by atoms with van der Waals surface area (Å²) in [5, 5.41) is 2.71. The number of nitrogens with zero attached hydrogens (tertiary/aromatic N) is 1. The van der Waals surface area contributed by atoms with Crippen molar-refractivity contribution in [2.75, 3.05) is 25.7 Å². The fraction of sp³-hybridized carbons (Fsp3) is 0.235. The number of furan rings is 1. The molecule has 0 saturated carbocycles. The minimum atomic E-state index is -3.27. The molecular weight excluding hydrogens is 344 g/mol. The van der Waals surface area contributed by atoms with Crippen molar-refractivity contribution < 1.29 is 22.4 Å². The van der Waals surface area contributed by atoms with Gasteiger partial charge in [0.25, 0.3) is 0 Å². The molecule has 1 aromatic heterocycles. The molecule has 0 unspecified atom stereocenters. The zero-order chi connectivity index (χ0) is 18.4. The largest absolute Gasteiger partial charge is 0.497 e. The van der Waals surface area contributed by atoms with Crippen molar-refractivity contribution in [2.45, 2.75) is 6.54 Å².